The van der Waals surface area contributed by atoms with Crippen molar-refractivity contribution in [3.63, 3.8) is 0 Å². The number of carboxylic acid groups (broad SMARTS) is 1. The Balaban J connectivity index is 3.29. The highest BCUT2D eigenvalue weighted by Crippen LogP contribution is 2.21. The first kappa shape index (κ1) is 10.8. The van der Waals surface area contributed by atoms with Crippen LogP contribution in [-0.2, 0) is 0 Å². The second-order valence-electron chi connectivity index (χ2n) is 2.80. The van der Waals surface area contributed by atoms with Gasteiger partial charge in [0.2, 0.25) is 0 Å². The molecule has 74 valence electrons. The van der Waals surface area contributed by atoms with Crippen LogP contribution in [0.25, 0.3) is 0 Å². The minimum Gasteiger partial charge on any atom is -0.478 e. The standard InChI is InChI=1S/C10H10ClNO2/c1-2-9(12)8-5-6(11)3-4-7(8)10(13)14/h2-5,9H,1,12H2,(H,13,14)/t9-/m1/s1. The second kappa shape index (κ2) is 4.26. The number of hydrogen-bond donors (Lipinski definition) is 2. The van der Waals surface area contributed by atoms with E-state index in [1.54, 1.807) is 0 Å². The average Bonchev–Trinajstić information content (AvgIpc) is 2.16. The van der Waals surface area contributed by atoms with Crippen molar-refractivity contribution in [2.75, 3.05) is 0 Å². The van der Waals surface area contributed by atoms with Crippen molar-refractivity contribution in [2.24, 2.45) is 5.73 Å². The Hall–Kier alpha value is -1.32. The van der Waals surface area contributed by atoms with E-state index in [9.17, 15) is 4.79 Å². The maximum absolute atomic E-state index is 10.8. The zero-order chi connectivity index (χ0) is 10.7. The molecule has 0 aliphatic heterocycles. The molecule has 3 N–H and O–H groups in total. The van der Waals surface area contributed by atoms with E-state index in [4.69, 9.17) is 22.4 Å². The Kier molecular flexibility index (Phi) is 3.28. The number of hydrogen-bond acceptors (Lipinski definition) is 2. The predicted molar refractivity (Wildman–Crippen MR) is 55.5 cm³/mol. The lowest BCUT2D eigenvalue weighted by Gasteiger charge is -2.10. The van der Waals surface area contributed by atoms with Gasteiger partial charge < -0.3 is 10.8 Å². The number of halogens is 1. The van der Waals surface area contributed by atoms with E-state index in [0.29, 0.717) is 10.6 Å². The van der Waals surface area contributed by atoms with Gasteiger partial charge >= 0.3 is 5.97 Å². The fourth-order valence-electron chi connectivity index (χ4n) is 1.13. The third-order valence-electron chi connectivity index (χ3n) is 1.86. The van der Waals surface area contributed by atoms with Gasteiger partial charge in [0.25, 0.3) is 0 Å². The molecule has 1 atom stereocenters. The fraction of sp³-hybridized carbons (Fsp3) is 0.100. The van der Waals surface area contributed by atoms with Crippen molar-refractivity contribution in [3.8, 4) is 0 Å². The number of nitrogens with two attached hydrogens (primary N) is 1. The first-order chi connectivity index (χ1) is 6.56. The zero-order valence-electron chi connectivity index (χ0n) is 7.40. The molecule has 0 saturated carbocycles. The van der Waals surface area contributed by atoms with E-state index < -0.39 is 12.0 Å². The van der Waals surface area contributed by atoms with Crippen LogP contribution in [0, 0.1) is 0 Å². The molecule has 0 amide bonds. The van der Waals surface area contributed by atoms with Crippen molar-refractivity contribution in [1.29, 1.82) is 0 Å². The fourth-order valence-corrected chi connectivity index (χ4v) is 1.31. The molecule has 4 heteroatoms. The van der Waals surface area contributed by atoms with E-state index in [1.807, 2.05) is 0 Å². The van der Waals surface area contributed by atoms with Gasteiger partial charge in [-0.15, -0.1) is 6.58 Å². The van der Waals surface area contributed by atoms with E-state index in [-0.39, 0.29) is 5.56 Å². The molecular formula is C10H10ClNO2. The molecule has 0 spiro atoms. The minimum atomic E-state index is -1.02. The molecular weight excluding hydrogens is 202 g/mol. The van der Waals surface area contributed by atoms with Gasteiger partial charge in [0.1, 0.15) is 0 Å². The molecule has 0 bridgehead atoms. The summed E-state index contributed by atoms with van der Waals surface area (Å²) in [5, 5.41) is 9.33. The lowest BCUT2D eigenvalue weighted by atomic mass is 10.0. The molecule has 1 aromatic carbocycles. The maximum atomic E-state index is 10.8. The number of carboxylic acids is 1. The number of rotatable bonds is 3. The van der Waals surface area contributed by atoms with Gasteiger partial charge in [-0.2, -0.15) is 0 Å². The highest BCUT2D eigenvalue weighted by atomic mass is 35.5. The van der Waals surface area contributed by atoms with Crippen molar-refractivity contribution >= 4 is 17.6 Å². The highest BCUT2D eigenvalue weighted by Gasteiger charge is 2.13. The van der Waals surface area contributed by atoms with Crippen LogP contribution in [0.4, 0.5) is 0 Å². The Morgan fingerprint density at radius 1 is 1.64 bits per heavy atom. The highest BCUT2D eigenvalue weighted by molar-refractivity contribution is 6.30. The van der Waals surface area contributed by atoms with Gasteiger partial charge in [-0.25, -0.2) is 4.79 Å². The molecule has 1 rings (SSSR count). The molecule has 0 aliphatic rings. The molecule has 0 unspecified atom stereocenters. The molecule has 1 aromatic rings. The van der Waals surface area contributed by atoms with Gasteiger partial charge in [0, 0.05) is 11.1 Å². The topological polar surface area (TPSA) is 63.3 Å². The van der Waals surface area contributed by atoms with Crippen molar-refractivity contribution in [1.82, 2.24) is 0 Å². The summed E-state index contributed by atoms with van der Waals surface area (Å²) in [6.07, 6.45) is 1.47. The number of carbonyl (C=O) groups is 1. The lowest BCUT2D eigenvalue weighted by molar-refractivity contribution is 0.0695. The van der Waals surface area contributed by atoms with E-state index in [0.717, 1.165) is 0 Å². The maximum Gasteiger partial charge on any atom is 0.336 e. The summed E-state index contributed by atoms with van der Waals surface area (Å²) in [5.74, 6) is -1.02. The van der Waals surface area contributed by atoms with Crippen LogP contribution >= 0.6 is 11.6 Å². The van der Waals surface area contributed by atoms with Gasteiger partial charge in [-0.3, -0.25) is 0 Å². The molecule has 0 saturated heterocycles. The SMILES string of the molecule is C=C[C@@H](N)c1cc(Cl)ccc1C(=O)O. The summed E-state index contributed by atoms with van der Waals surface area (Å²) in [4.78, 5) is 10.8. The monoisotopic (exact) mass is 211 g/mol. The Bertz CT molecular complexity index is 376. The molecule has 14 heavy (non-hydrogen) atoms. The Labute approximate surface area is 86.8 Å². The van der Waals surface area contributed by atoms with Crippen LogP contribution in [0.15, 0.2) is 30.9 Å². The molecule has 0 aromatic heterocycles. The van der Waals surface area contributed by atoms with Crippen LogP contribution in [0.1, 0.15) is 22.0 Å². The molecule has 0 fully saturated rings. The summed E-state index contributed by atoms with van der Waals surface area (Å²) < 4.78 is 0. The lowest BCUT2D eigenvalue weighted by Crippen LogP contribution is -2.12. The van der Waals surface area contributed by atoms with E-state index in [1.165, 1.54) is 24.3 Å². The number of benzene rings is 1. The third-order valence-corrected chi connectivity index (χ3v) is 2.09. The molecule has 0 aliphatic carbocycles. The normalized spacial score (nSPS) is 12.1. The number of aromatic carboxylic acids is 1. The van der Waals surface area contributed by atoms with Crippen LogP contribution in [0.3, 0.4) is 0 Å². The summed E-state index contributed by atoms with van der Waals surface area (Å²) in [6.45, 7) is 3.51. The van der Waals surface area contributed by atoms with Crippen LogP contribution in [-0.4, -0.2) is 11.1 Å². The van der Waals surface area contributed by atoms with Crippen molar-refractivity contribution < 1.29 is 9.90 Å². The third kappa shape index (κ3) is 2.13. The molecule has 0 radical (unpaired) electrons. The zero-order valence-corrected chi connectivity index (χ0v) is 8.16. The smallest absolute Gasteiger partial charge is 0.336 e. The Morgan fingerprint density at radius 3 is 2.79 bits per heavy atom. The van der Waals surface area contributed by atoms with Gasteiger partial charge in [0.05, 0.1) is 5.56 Å². The minimum absolute atomic E-state index is 0.154. The van der Waals surface area contributed by atoms with Gasteiger partial charge in [0.15, 0.2) is 0 Å². The first-order valence-electron chi connectivity index (χ1n) is 3.97. The van der Waals surface area contributed by atoms with Crippen LogP contribution < -0.4 is 5.73 Å². The van der Waals surface area contributed by atoms with Crippen molar-refractivity contribution in [3.05, 3.63) is 47.0 Å². The Morgan fingerprint density at radius 2 is 2.29 bits per heavy atom. The summed E-state index contributed by atoms with van der Waals surface area (Å²) >= 11 is 5.74. The van der Waals surface area contributed by atoms with Gasteiger partial charge in [-0.05, 0) is 23.8 Å². The summed E-state index contributed by atoms with van der Waals surface area (Å²) in [6, 6.07) is 3.98. The summed E-state index contributed by atoms with van der Waals surface area (Å²) in [7, 11) is 0. The van der Waals surface area contributed by atoms with E-state index in [2.05, 4.69) is 6.58 Å². The summed E-state index contributed by atoms with van der Waals surface area (Å²) in [5.41, 5.74) is 6.29. The molecule has 3 nitrogen and oxygen atoms in total. The first-order valence-corrected chi connectivity index (χ1v) is 4.35. The second-order valence-corrected chi connectivity index (χ2v) is 3.23. The van der Waals surface area contributed by atoms with Crippen LogP contribution in [0.5, 0.6) is 0 Å². The average molecular weight is 212 g/mol. The molecule has 0 heterocycles. The van der Waals surface area contributed by atoms with E-state index >= 15 is 0 Å². The van der Waals surface area contributed by atoms with Crippen LogP contribution in [0.2, 0.25) is 5.02 Å². The quantitative estimate of drug-likeness (QED) is 0.754. The largest absolute Gasteiger partial charge is 0.478 e. The predicted octanol–water partition coefficient (Wildman–Crippen LogP) is 2.22. The van der Waals surface area contributed by atoms with Crippen molar-refractivity contribution in [2.45, 2.75) is 6.04 Å². The van der Waals surface area contributed by atoms with Gasteiger partial charge in [-0.1, -0.05) is 17.7 Å².